The summed E-state index contributed by atoms with van der Waals surface area (Å²) in [6, 6.07) is 4.27. The van der Waals surface area contributed by atoms with E-state index in [4.69, 9.17) is 9.84 Å². The van der Waals surface area contributed by atoms with E-state index >= 15 is 0 Å². The third-order valence-electron chi connectivity index (χ3n) is 3.79. The molecule has 1 amide bonds. The third kappa shape index (κ3) is 6.30. The minimum absolute atomic E-state index is 0.0636. The van der Waals surface area contributed by atoms with Crippen molar-refractivity contribution in [2.45, 2.75) is 37.0 Å². The SMILES string of the molecule is COc1ccc(C(=O)NCCCCCCC(=O)O)cc1S(=O)(=O)N(C)C. The summed E-state index contributed by atoms with van der Waals surface area (Å²) < 4.78 is 30.9. The molecule has 9 heteroatoms. The second-order valence-electron chi connectivity index (χ2n) is 5.97. The zero-order valence-corrected chi connectivity index (χ0v) is 16.1. The minimum atomic E-state index is -3.74. The van der Waals surface area contributed by atoms with Crippen molar-refractivity contribution in [2.24, 2.45) is 0 Å². The van der Waals surface area contributed by atoms with Gasteiger partial charge in [-0.25, -0.2) is 12.7 Å². The minimum Gasteiger partial charge on any atom is -0.495 e. The number of ether oxygens (including phenoxy) is 1. The fraction of sp³-hybridized carbons (Fsp3) is 0.529. The van der Waals surface area contributed by atoms with E-state index in [1.807, 2.05) is 0 Å². The van der Waals surface area contributed by atoms with Crippen molar-refractivity contribution in [3.05, 3.63) is 23.8 Å². The van der Waals surface area contributed by atoms with Gasteiger partial charge < -0.3 is 15.2 Å². The van der Waals surface area contributed by atoms with Gasteiger partial charge in [0.1, 0.15) is 10.6 Å². The van der Waals surface area contributed by atoms with Gasteiger partial charge in [-0.15, -0.1) is 0 Å². The van der Waals surface area contributed by atoms with Crippen molar-refractivity contribution >= 4 is 21.9 Å². The van der Waals surface area contributed by atoms with Crippen LogP contribution in [0.4, 0.5) is 0 Å². The first-order valence-electron chi connectivity index (χ1n) is 8.30. The van der Waals surface area contributed by atoms with Gasteiger partial charge in [0.05, 0.1) is 7.11 Å². The topological polar surface area (TPSA) is 113 Å². The van der Waals surface area contributed by atoms with Crippen LogP contribution in [-0.2, 0) is 14.8 Å². The van der Waals surface area contributed by atoms with E-state index in [9.17, 15) is 18.0 Å². The number of carboxylic acids is 1. The van der Waals surface area contributed by atoms with E-state index in [0.29, 0.717) is 13.0 Å². The number of aliphatic carboxylic acids is 1. The zero-order valence-electron chi connectivity index (χ0n) is 15.3. The van der Waals surface area contributed by atoms with Crippen LogP contribution < -0.4 is 10.1 Å². The fourth-order valence-electron chi connectivity index (χ4n) is 2.27. The molecule has 0 aliphatic heterocycles. The van der Waals surface area contributed by atoms with Crippen LogP contribution in [0, 0.1) is 0 Å². The highest BCUT2D eigenvalue weighted by Gasteiger charge is 2.23. The first-order valence-corrected chi connectivity index (χ1v) is 9.74. The van der Waals surface area contributed by atoms with Gasteiger partial charge in [0.2, 0.25) is 10.0 Å². The number of carboxylic acid groups (broad SMARTS) is 1. The van der Waals surface area contributed by atoms with Crippen molar-refractivity contribution in [2.75, 3.05) is 27.7 Å². The number of nitrogens with one attached hydrogen (secondary N) is 1. The summed E-state index contributed by atoms with van der Waals surface area (Å²) >= 11 is 0. The largest absolute Gasteiger partial charge is 0.495 e. The molecule has 0 aromatic heterocycles. The molecule has 0 saturated heterocycles. The van der Waals surface area contributed by atoms with E-state index in [-0.39, 0.29) is 28.5 Å². The van der Waals surface area contributed by atoms with Crippen LogP contribution in [0.1, 0.15) is 42.5 Å². The number of nitrogens with zero attached hydrogens (tertiary/aromatic N) is 1. The molecular weight excluding hydrogens is 360 g/mol. The molecule has 0 unspecified atom stereocenters. The lowest BCUT2D eigenvalue weighted by Crippen LogP contribution is -2.26. The van der Waals surface area contributed by atoms with E-state index in [0.717, 1.165) is 23.6 Å². The van der Waals surface area contributed by atoms with Gasteiger partial charge in [-0.3, -0.25) is 9.59 Å². The first-order chi connectivity index (χ1) is 12.2. The Labute approximate surface area is 154 Å². The lowest BCUT2D eigenvalue weighted by atomic mass is 10.1. The molecule has 1 aromatic carbocycles. The molecule has 0 radical (unpaired) electrons. The number of methoxy groups -OCH3 is 1. The monoisotopic (exact) mass is 386 g/mol. The lowest BCUT2D eigenvalue weighted by molar-refractivity contribution is -0.137. The Morgan fingerprint density at radius 3 is 2.38 bits per heavy atom. The molecule has 8 nitrogen and oxygen atoms in total. The average Bonchev–Trinajstić information content (AvgIpc) is 2.59. The number of hydrogen-bond acceptors (Lipinski definition) is 5. The van der Waals surface area contributed by atoms with Crippen LogP contribution in [0.25, 0.3) is 0 Å². The number of benzene rings is 1. The predicted octanol–water partition coefficient (Wildman–Crippen LogP) is 1.71. The second kappa shape index (κ2) is 10.1. The molecule has 1 rings (SSSR count). The van der Waals surface area contributed by atoms with Gasteiger partial charge in [-0.2, -0.15) is 0 Å². The standard InChI is InChI=1S/C17H26N2O6S/c1-19(2)26(23,24)15-12-13(9-10-14(15)25-3)17(22)18-11-7-5-4-6-8-16(20)21/h9-10,12H,4-8,11H2,1-3H3,(H,18,22)(H,20,21). The Morgan fingerprint density at radius 1 is 1.15 bits per heavy atom. The molecule has 0 fully saturated rings. The van der Waals surface area contributed by atoms with Crippen molar-refractivity contribution < 1.29 is 27.9 Å². The molecule has 0 heterocycles. The highest BCUT2D eigenvalue weighted by atomic mass is 32.2. The Morgan fingerprint density at radius 2 is 1.81 bits per heavy atom. The molecule has 0 spiro atoms. The summed E-state index contributed by atoms with van der Waals surface area (Å²) in [6.07, 6.45) is 3.10. The van der Waals surface area contributed by atoms with E-state index in [2.05, 4.69) is 5.32 Å². The molecule has 0 aliphatic carbocycles. The Balaban J connectivity index is 2.66. The van der Waals surface area contributed by atoms with Crippen LogP contribution in [0.2, 0.25) is 0 Å². The molecule has 26 heavy (non-hydrogen) atoms. The molecule has 1 aromatic rings. The van der Waals surface area contributed by atoms with Crippen LogP contribution in [0.3, 0.4) is 0 Å². The zero-order chi connectivity index (χ0) is 19.7. The van der Waals surface area contributed by atoms with Crippen molar-refractivity contribution in [3.63, 3.8) is 0 Å². The predicted molar refractivity (Wildman–Crippen MR) is 96.9 cm³/mol. The number of carbonyl (C=O) groups is 2. The van der Waals surface area contributed by atoms with Crippen molar-refractivity contribution in [1.82, 2.24) is 9.62 Å². The van der Waals surface area contributed by atoms with Crippen LogP contribution in [-0.4, -0.2) is 57.5 Å². The Kier molecular flexibility index (Phi) is 8.53. The highest BCUT2D eigenvalue weighted by Crippen LogP contribution is 2.26. The Hall–Kier alpha value is -2.13. The summed E-state index contributed by atoms with van der Waals surface area (Å²) in [5.74, 6) is -0.997. The van der Waals surface area contributed by atoms with Gasteiger partial charge in [-0.1, -0.05) is 12.8 Å². The molecule has 0 atom stereocenters. The summed E-state index contributed by atoms with van der Waals surface area (Å²) in [5, 5.41) is 11.3. The first kappa shape index (κ1) is 21.9. The third-order valence-corrected chi connectivity index (χ3v) is 5.62. The number of sulfonamides is 1. The summed E-state index contributed by atoms with van der Waals surface area (Å²) in [7, 11) is 0.449. The van der Waals surface area contributed by atoms with Crippen LogP contribution in [0.15, 0.2) is 23.1 Å². The maximum absolute atomic E-state index is 12.4. The highest BCUT2D eigenvalue weighted by molar-refractivity contribution is 7.89. The van der Waals surface area contributed by atoms with E-state index in [1.165, 1.54) is 39.4 Å². The number of unbranched alkanes of at least 4 members (excludes halogenated alkanes) is 3. The smallest absolute Gasteiger partial charge is 0.303 e. The van der Waals surface area contributed by atoms with Crippen molar-refractivity contribution in [3.8, 4) is 5.75 Å². The van der Waals surface area contributed by atoms with Gasteiger partial charge in [-0.05, 0) is 31.0 Å². The average molecular weight is 386 g/mol. The van der Waals surface area contributed by atoms with E-state index < -0.39 is 16.0 Å². The molecule has 0 saturated carbocycles. The van der Waals surface area contributed by atoms with E-state index in [1.54, 1.807) is 0 Å². The summed E-state index contributed by atoms with van der Waals surface area (Å²) in [5.41, 5.74) is 0.233. The van der Waals surface area contributed by atoms with Crippen LogP contribution in [0.5, 0.6) is 5.75 Å². The van der Waals surface area contributed by atoms with Gasteiger partial charge in [0.25, 0.3) is 5.91 Å². The van der Waals surface area contributed by atoms with Gasteiger partial charge in [0.15, 0.2) is 0 Å². The van der Waals surface area contributed by atoms with Crippen LogP contribution >= 0.6 is 0 Å². The number of carbonyl (C=O) groups excluding carboxylic acids is 1. The second-order valence-corrected chi connectivity index (χ2v) is 8.09. The Bertz CT molecular complexity index is 731. The molecule has 0 bridgehead atoms. The van der Waals surface area contributed by atoms with Gasteiger partial charge >= 0.3 is 5.97 Å². The quantitative estimate of drug-likeness (QED) is 0.560. The van der Waals surface area contributed by atoms with Crippen molar-refractivity contribution in [1.29, 1.82) is 0 Å². The number of rotatable bonds is 11. The fourth-order valence-corrected chi connectivity index (χ4v) is 3.35. The molecule has 146 valence electrons. The number of hydrogen-bond donors (Lipinski definition) is 2. The molecular formula is C17H26N2O6S. The molecule has 2 N–H and O–H groups in total. The summed E-state index contributed by atoms with van der Waals surface area (Å²) in [6.45, 7) is 0.438. The normalized spacial score (nSPS) is 11.4. The lowest BCUT2D eigenvalue weighted by Gasteiger charge is -2.15. The van der Waals surface area contributed by atoms with Gasteiger partial charge in [0, 0.05) is 32.6 Å². The maximum Gasteiger partial charge on any atom is 0.303 e. The number of amides is 1. The molecule has 0 aliphatic rings. The maximum atomic E-state index is 12.4. The summed E-state index contributed by atoms with van der Waals surface area (Å²) in [4.78, 5) is 22.6.